The quantitative estimate of drug-likeness (QED) is 0.192. The van der Waals surface area contributed by atoms with E-state index in [0.29, 0.717) is 33.1 Å². The van der Waals surface area contributed by atoms with Crippen molar-refractivity contribution < 1.29 is 41.0 Å². The monoisotopic (exact) mass is 610 g/mol. The molecule has 0 saturated heterocycles. The van der Waals surface area contributed by atoms with Gasteiger partial charge in [-0.3, -0.25) is 0 Å². The third-order valence-electron chi connectivity index (χ3n) is 6.60. The van der Waals surface area contributed by atoms with Crippen LogP contribution in [-0.2, 0) is 19.0 Å². The molecule has 7 nitrogen and oxygen atoms in total. The third-order valence-corrected chi connectivity index (χ3v) is 6.60. The molecule has 2 aromatic carbocycles. The lowest BCUT2D eigenvalue weighted by Crippen LogP contribution is -2.18. The highest BCUT2D eigenvalue weighted by atomic mass is 19.4. The number of hydrogen-bond donors (Lipinski definition) is 1. The van der Waals surface area contributed by atoms with Crippen LogP contribution in [0.25, 0.3) is 28.2 Å². The molecular formula is C31H20F6N4O3. The number of pyridine rings is 1. The van der Waals surface area contributed by atoms with Gasteiger partial charge in [-0.2, -0.15) is 31.4 Å². The van der Waals surface area contributed by atoms with E-state index in [1.165, 1.54) is 24.4 Å². The van der Waals surface area contributed by atoms with Gasteiger partial charge in [-0.25, -0.2) is 19.4 Å². The van der Waals surface area contributed by atoms with Crippen LogP contribution in [0.15, 0.2) is 67.0 Å². The van der Waals surface area contributed by atoms with Gasteiger partial charge in [0.2, 0.25) is 11.7 Å². The van der Waals surface area contributed by atoms with Crippen molar-refractivity contribution in [1.29, 1.82) is 0 Å². The van der Waals surface area contributed by atoms with E-state index in [-0.39, 0.29) is 18.2 Å². The minimum atomic E-state index is -5.05. The largest absolute Gasteiger partial charge is 0.478 e. The number of ether oxygens (including phenoxy) is 1. The van der Waals surface area contributed by atoms with Crippen LogP contribution >= 0.6 is 0 Å². The lowest BCUT2D eigenvalue weighted by Gasteiger charge is -2.14. The van der Waals surface area contributed by atoms with Crippen molar-refractivity contribution in [2.24, 2.45) is 0 Å². The number of aromatic carboxylic acids is 1. The Bertz CT molecular complexity index is 1850. The molecule has 1 N–H and O–H groups in total. The molecule has 0 radical (unpaired) electrons. The van der Waals surface area contributed by atoms with E-state index in [4.69, 9.17) is 4.74 Å². The SMILES string of the molecule is Cc1cnc(OCc2ccc(-c3ccc(C(F)(F)F)cc3)cc2C)c(-c2cc#cc(-n3ncc(C(=O)O)c3C(F)(F)F)n2)c1. The molecule has 0 aliphatic rings. The molecule has 5 rings (SSSR count). The van der Waals surface area contributed by atoms with Gasteiger partial charge in [-0.15, -0.1) is 0 Å². The second kappa shape index (κ2) is 11.4. The van der Waals surface area contributed by atoms with Crippen LogP contribution in [0.1, 0.15) is 38.3 Å². The lowest BCUT2D eigenvalue weighted by atomic mass is 9.99. The molecule has 0 aliphatic carbocycles. The Labute approximate surface area is 246 Å². The van der Waals surface area contributed by atoms with Gasteiger partial charge < -0.3 is 9.84 Å². The van der Waals surface area contributed by atoms with E-state index >= 15 is 0 Å². The van der Waals surface area contributed by atoms with Crippen molar-refractivity contribution in [2.75, 3.05) is 0 Å². The Hall–Kier alpha value is -5.38. The standard InChI is InChI=1S/C31H20F6N4O3/c1-17-12-23(25-4-3-5-26(40-25)41-27(31(35,36)37)24(15-39-41)29(42)43)28(38-14-17)44-16-21-7-6-20(13-18(21)2)19-8-10-22(11-9-19)30(32,33)34/h4,6-15H,16H2,1-2H3,(H,42,43). The number of carboxylic acid groups (broad SMARTS) is 1. The summed E-state index contributed by atoms with van der Waals surface area (Å²) in [6.07, 6.45) is -7.36. The molecule has 3 aromatic heterocycles. The zero-order valence-electron chi connectivity index (χ0n) is 22.9. The smallest absolute Gasteiger partial charge is 0.434 e. The summed E-state index contributed by atoms with van der Waals surface area (Å²) in [4.78, 5) is 19.9. The van der Waals surface area contributed by atoms with Crippen molar-refractivity contribution in [3.8, 4) is 34.1 Å². The number of nitrogens with zero attached hydrogens (tertiary/aromatic N) is 4. The van der Waals surface area contributed by atoms with Gasteiger partial charge in [-0.05, 0) is 65.9 Å². The van der Waals surface area contributed by atoms with Crippen LogP contribution in [0.5, 0.6) is 5.88 Å². The van der Waals surface area contributed by atoms with Gasteiger partial charge in [0.1, 0.15) is 12.2 Å². The summed E-state index contributed by atoms with van der Waals surface area (Å²) in [6, 6.07) is 18.2. The van der Waals surface area contributed by atoms with Gasteiger partial charge in [-0.1, -0.05) is 36.4 Å². The molecule has 0 saturated carbocycles. The number of alkyl halides is 6. The molecule has 5 aromatic rings. The molecule has 0 bridgehead atoms. The van der Waals surface area contributed by atoms with Crippen LogP contribution in [0.4, 0.5) is 26.3 Å². The topological polar surface area (TPSA) is 90.1 Å². The first-order chi connectivity index (χ1) is 20.7. The fraction of sp³-hybridized carbons (Fsp3) is 0.161. The maximum Gasteiger partial charge on any atom is 0.434 e. The third kappa shape index (κ3) is 6.19. The van der Waals surface area contributed by atoms with Gasteiger partial charge >= 0.3 is 18.3 Å². The summed E-state index contributed by atoms with van der Waals surface area (Å²) in [5.41, 5.74) is 0.720. The van der Waals surface area contributed by atoms with Gasteiger partial charge in [0.05, 0.1) is 23.0 Å². The molecular weight excluding hydrogens is 590 g/mol. The molecule has 0 unspecified atom stereocenters. The van der Waals surface area contributed by atoms with Crippen molar-refractivity contribution >= 4 is 5.97 Å². The predicted octanol–water partition coefficient (Wildman–Crippen LogP) is 7.53. The molecule has 0 spiro atoms. The summed E-state index contributed by atoms with van der Waals surface area (Å²) in [5.74, 6) is -2.13. The highest BCUT2D eigenvalue weighted by molar-refractivity contribution is 5.89. The van der Waals surface area contributed by atoms with Crippen LogP contribution in [-0.4, -0.2) is 30.8 Å². The molecule has 3 heterocycles. The zero-order chi connectivity index (χ0) is 31.8. The minimum Gasteiger partial charge on any atom is -0.478 e. The minimum absolute atomic E-state index is 0.0388. The van der Waals surface area contributed by atoms with E-state index in [1.54, 1.807) is 25.1 Å². The van der Waals surface area contributed by atoms with Gasteiger partial charge in [0, 0.05) is 12.3 Å². The first kappa shape index (κ1) is 30.1. The van der Waals surface area contributed by atoms with E-state index in [2.05, 4.69) is 27.2 Å². The number of aryl methyl sites for hydroxylation is 2. The van der Waals surface area contributed by atoms with Gasteiger partial charge in [0.15, 0.2) is 5.69 Å². The van der Waals surface area contributed by atoms with Crippen molar-refractivity contribution in [3.05, 3.63) is 113 Å². The van der Waals surface area contributed by atoms with E-state index < -0.39 is 41.0 Å². The van der Waals surface area contributed by atoms with Crippen molar-refractivity contribution in [1.82, 2.24) is 19.7 Å². The Morgan fingerprint density at radius 3 is 2.30 bits per heavy atom. The lowest BCUT2D eigenvalue weighted by molar-refractivity contribution is -0.143. The zero-order valence-corrected chi connectivity index (χ0v) is 22.9. The Morgan fingerprint density at radius 1 is 0.955 bits per heavy atom. The molecule has 13 heteroatoms. The second-order valence-corrected chi connectivity index (χ2v) is 9.73. The Morgan fingerprint density at radius 2 is 1.66 bits per heavy atom. The maximum atomic E-state index is 13.8. The predicted molar refractivity (Wildman–Crippen MR) is 145 cm³/mol. The molecule has 0 fully saturated rings. The highest BCUT2D eigenvalue weighted by Gasteiger charge is 2.41. The number of carboxylic acids is 1. The molecule has 224 valence electrons. The van der Waals surface area contributed by atoms with Crippen molar-refractivity contribution in [3.63, 3.8) is 0 Å². The summed E-state index contributed by atoms with van der Waals surface area (Å²) in [7, 11) is 0. The second-order valence-electron chi connectivity index (χ2n) is 9.73. The van der Waals surface area contributed by atoms with E-state index in [9.17, 15) is 36.2 Å². The first-order valence-electron chi connectivity index (χ1n) is 12.8. The number of aromatic nitrogens is 4. The number of hydrogen-bond acceptors (Lipinski definition) is 5. The van der Waals surface area contributed by atoms with Crippen LogP contribution in [0.3, 0.4) is 0 Å². The van der Waals surface area contributed by atoms with E-state index in [1.807, 2.05) is 13.0 Å². The Kier molecular flexibility index (Phi) is 7.77. The molecule has 0 atom stereocenters. The summed E-state index contributed by atoms with van der Waals surface area (Å²) in [5, 5.41) is 12.8. The van der Waals surface area contributed by atoms with Crippen LogP contribution in [0.2, 0.25) is 0 Å². The fourth-order valence-corrected chi connectivity index (χ4v) is 4.41. The number of carbonyl (C=O) groups is 1. The average molecular weight is 611 g/mol. The molecule has 44 heavy (non-hydrogen) atoms. The van der Waals surface area contributed by atoms with Crippen LogP contribution in [0, 0.1) is 26.0 Å². The maximum absolute atomic E-state index is 13.8. The van der Waals surface area contributed by atoms with E-state index in [0.717, 1.165) is 23.3 Å². The first-order valence-corrected chi connectivity index (χ1v) is 12.8. The summed E-state index contributed by atoms with van der Waals surface area (Å²) >= 11 is 0. The number of rotatable bonds is 7. The molecule has 0 aliphatic heterocycles. The average Bonchev–Trinajstić information content (AvgIpc) is 3.44. The normalized spacial score (nSPS) is 11.7. The number of benzene rings is 2. The summed E-state index contributed by atoms with van der Waals surface area (Å²) in [6.45, 7) is 3.61. The Balaban J connectivity index is 1.42. The van der Waals surface area contributed by atoms with Gasteiger partial charge in [0.25, 0.3) is 0 Å². The van der Waals surface area contributed by atoms with Crippen molar-refractivity contribution in [2.45, 2.75) is 32.8 Å². The highest BCUT2D eigenvalue weighted by Crippen LogP contribution is 2.35. The fourth-order valence-electron chi connectivity index (χ4n) is 4.41. The number of halogens is 6. The summed E-state index contributed by atoms with van der Waals surface area (Å²) < 4.78 is 86.3. The van der Waals surface area contributed by atoms with Crippen LogP contribution < -0.4 is 4.74 Å². The molecule has 0 amide bonds.